The third-order valence-electron chi connectivity index (χ3n) is 0.914. The predicted octanol–water partition coefficient (Wildman–Crippen LogP) is -0.504. The summed E-state index contributed by atoms with van der Waals surface area (Å²) >= 11 is 0. The van der Waals surface area contributed by atoms with Crippen molar-refractivity contribution in [3.63, 3.8) is 0 Å². The second-order valence-corrected chi connectivity index (χ2v) is 2.35. The van der Waals surface area contributed by atoms with E-state index in [0.717, 1.165) is 4.79 Å². The molecule has 1 aromatic rings. The van der Waals surface area contributed by atoms with E-state index in [0.29, 0.717) is 11.9 Å². The van der Waals surface area contributed by atoms with Gasteiger partial charge in [-0.25, -0.2) is 0 Å². The van der Waals surface area contributed by atoms with Gasteiger partial charge in [-0.3, -0.25) is 4.52 Å². The number of nitrogen functional groups attached to an aromatic ring is 1. The van der Waals surface area contributed by atoms with Crippen LogP contribution in [-0.4, -0.2) is 11.3 Å². The van der Waals surface area contributed by atoms with Gasteiger partial charge < -0.3 is 5.32 Å². The summed E-state index contributed by atoms with van der Waals surface area (Å²) in [5, 5.41) is 6.42. The average molecular weight is 143 g/mol. The average Bonchev–Trinajstić information content (AvgIpc) is 2.13. The highest BCUT2D eigenvalue weighted by molar-refractivity contribution is 5.23. The van der Waals surface area contributed by atoms with E-state index in [4.69, 9.17) is 10.4 Å². The number of hydrogen-bond donors (Lipinski definition) is 2. The molecule has 0 aliphatic carbocycles. The van der Waals surface area contributed by atoms with E-state index >= 15 is 0 Å². The Morgan fingerprint density at radius 1 is 1.80 bits per heavy atom. The van der Waals surface area contributed by atoms with E-state index in [1.165, 1.54) is 0 Å². The smallest absolute Gasteiger partial charge is 0.299 e. The van der Waals surface area contributed by atoms with Crippen LogP contribution in [0.3, 0.4) is 0 Å². The number of nitrogens with two attached hydrogens (primary N) is 1. The number of rotatable bonds is 2. The van der Waals surface area contributed by atoms with Crippen molar-refractivity contribution in [2.75, 3.05) is 11.2 Å². The highest BCUT2D eigenvalue weighted by Gasteiger charge is 2.07. The molecule has 0 saturated heterocycles. The van der Waals surface area contributed by atoms with E-state index in [1.807, 2.05) is 13.8 Å². The minimum absolute atomic E-state index is 0.327. The van der Waals surface area contributed by atoms with Gasteiger partial charge in [-0.15, -0.1) is 0 Å². The first-order chi connectivity index (χ1) is 4.68. The summed E-state index contributed by atoms with van der Waals surface area (Å²) in [4.78, 5) is 1.12. The minimum Gasteiger partial charge on any atom is -0.346 e. The van der Waals surface area contributed by atoms with Crippen LogP contribution in [0.2, 0.25) is 0 Å². The molecule has 0 fully saturated rings. The predicted molar refractivity (Wildman–Crippen MR) is 35.6 cm³/mol. The molecule has 1 heterocycles. The molecule has 10 heavy (non-hydrogen) atoms. The number of anilines is 1. The van der Waals surface area contributed by atoms with E-state index in [-0.39, 0.29) is 0 Å². The monoisotopic (exact) mass is 143 g/mol. The number of nitrogens with one attached hydrogen (secondary N) is 1. The van der Waals surface area contributed by atoms with Crippen molar-refractivity contribution < 1.29 is 9.31 Å². The number of nitrogens with zero attached hydrogens (tertiary/aromatic N) is 2. The van der Waals surface area contributed by atoms with Gasteiger partial charge in [0.25, 0.3) is 12.1 Å². The Morgan fingerprint density at radius 3 is 2.90 bits per heavy atom. The van der Waals surface area contributed by atoms with Crippen molar-refractivity contribution in [3.8, 4) is 0 Å². The molecule has 0 spiro atoms. The van der Waals surface area contributed by atoms with Crippen LogP contribution in [-0.2, 0) is 0 Å². The van der Waals surface area contributed by atoms with Crippen LogP contribution in [0.5, 0.6) is 0 Å². The van der Waals surface area contributed by atoms with E-state index in [2.05, 4.69) is 10.6 Å². The maximum Gasteiger partial charge on any atom is 0.299 e. The van der Waals surface area contributed by atoms with Crippen LogP contribution < -0.4 is 16.0 Å². The minimum atomic E-state index is 0.327. The van der Waals surface area contributed by atoms with Gasteiger partial charge in [-0.2, -0.15) is 5.84 Å². The molecular formula is C5H11N4O+. The van der Waals surface area contributed by atoms with Gasteiger partial charge in [-0.05, 0) is 13.8 Å². The first-order valence-corrected chi connectivity index (χ1v) is 3.09. The molecule has 56 valence electrons. The Kier molecular flexibility index (Phi) is 1.75. The van der Waals surface area contributed by atoms with Crippen molar-refractivity contribution in [2.45, 2.75) is 19.9 Å². The van der Waals surface area contributed by atoms with Crippen LogP contribution in [0.15, 0.2) is 10.7 Å². The highest BCUT2D eigenvalue weighted by atomic mass is 16.5. The Balaban J connectivity index is 2.58. The van der Waals surface area contributed by atoms with Crippen molar-refractivity contribution in [3.05, 3.63) is 6.20 Å². The quantitative estimate of drug-likeness (QED) is 0.432. The SMILES string of the molecule is CC(C)Nc1c[n+](N)no1. The summed E-state index contributed by atoms with van der Waals surface area (Å²) in [6.07, 6.45) is 1.57. The van der Waals surface area contributed by atoms with Crippen LogP contribution in [0, 0.1) is 0 Å². The Labute approximate surface area is 58.7 Å². The molecule has 0 atom stereocenters. The topological polar surface area (TPSA) is 68.0 Å². The van der Waals surface area contributed by atoms with Crippen LogP contribution in [0.1, 0.15) is 13.8 Å². The summed E-state index contributed by atoms with van der Waals surface area (Å²) in [5.74, 6) is 5.81. The molecule has 1 rings (SSSR count). The molecular weight excluding hydrogens is 132 g/mol. The summed E-state index contributed by atoms with van der Waals surface area (Å²) in [6.45, 7) is 4.01. The lowest BCUT2D eigenvalue weighted by Gasteiger charge is -2.00. The highest BCUT2D eigenvalue weighted by Crippen LogP contribution is 2.00. The summed E-state index contributed by atoms with van der Waals surface area (Å²) in [5.41, 5.74) is 0. The van der Waals surface area contributed by atoms with Gasteiger partial charge in [0.2, 0.25) is 5.27 Å². The van der Waals surface area contributed by atoms with Crippen molar-refractivity contribution in [2.24, 2.45) is 0 Å². The summed E-state index contributed by atoms with van der Waals surface area (Å²) in [7, 11) is 0. The van der Waals surface area contributed by atoms with E-state index in [1.54, 1.807) is 6.20 Å². The van der Waals surface area contributed by atoms with Gasteiger partial charge in [0.1, 0.15) is 0 Å². The lowest BCUT2D eigenvalue weighted by molar-refractivity contribution is -0.709. The Bertz CT molecular complexity index is 207. The zero-order valence-corrected chi connectivity index (χ0v) is 6.03. The molecule has 3 N–H and O–H groups in total. The standard InChI is InChI=1S/C5H11N4O/c1-4(2)7-5-3-9(6)8-10-5/h3-4,7H,1-2H3,(H2,6,8)/q+1. The van der Waals surface area contributed by atoms with Gasteiger partial charge in [0.15, 0.2) is 0 Å². The van der Waals surface area contributed by atoms with Crippen LogP contribution in [0.25, 0.3) is 0 Å². The molecule has 5 heteroatoms. The molecule has 0 saturated carbocycles. The summed E-state index contributed by atoms with van der Waals surface area (Å²) < 4.78 is 4.75. The molecule has 0 unspecified atom stereocenters. The first-order valence-electron chi connectivity index (χ1n) is 3.09. The van der Waals surface area contributed by atoms with Gasteiger partial charge in [0.05, 0.1) is 4.79 Å². The number of hydrogen-bond acceptors (Lipinski definition) is 4. The zero-order chi connectivity index (χ0) is 7.56. The maximum atomic E-state index is 5.23. The lowest BCUT2D eigenvalue weighted by Crippen LogP contribution is -2.45. The molecule has 5 nitrogen and oxygen atoms in total. The largest absolute Gasteiger partial charge is 0.346 e. The molecule has 0 radical (unpaired) electrons. The van der Waals surface area contributed by atoms with E-state index < -0.39 is 0 Å². The normalized spacial score (nSPS) is 10.3. The fourth-order valence-corrected chi connectivity index (χ4v) is 0.607. The van der Waals surface area contributed by atoms with Gasteiger partial charge in [0, 0.05) is 6.04 Å². The van der Waals surface area contributed by atoms with Crippen molar-refractivity contribution >= 4 is 5.88 Å². The van der Waals surface area contributed by atoms with Crippen molar-refractivity contribution in [1.82, 2.24) is 5.27 Å². The molecule has 0 amide bonds. The third kappa shape index (κ3) is 1.61. The fourth-order valence-electron chi connectivity index (χ4n) is 0.607. The molecule has 1 aromatic heterocycles. The van der Waals surface area contributed by atoms with Gasteiger partial charge >= 0.3 is 0 Å². The number of aromatic nitrogens is 2. The lowest BCUT2D eigenvalue weighted by atomic mass is 10.4. The molecule has 0 aliphatic rings. The Hall–Kier alpha value is -1.26. The van der Waals surface area contributed by atoms with Crippen molar-refractivity contribution in [1.29, 1.82) is 0 Å². The maximum absolute atomic E-state index is 5.23. The zero-order valence-electron chi connectivity index (χ0n) is 6.03. The second kappa shape index (κ2) is 2.55. The molecule has 0 bridgehead atoms. The third-order valence-corrected chi connectivity index (χ3v) is 0.914. The van der Waals surface area contributed by atoms with Crippen LogP contribution in [0.4, 0.5) is 5.88 Å². The first kappa shape index (κ1) is 6.85. The van der Waals surface area contributed by atoms with E-state index in [9.17, 15) is 0 Å². The fraction of sp³-hybridized carbons (Fsp3) is 0.600. The molecule has 0 aromatic carbocycles. The van der Waals surface area contributed by atoms with Gasteiger partial charge in [-0.1, -0.05) is 0 Å². The summed E-state index contributed by atoms with van der Waals surface area (Å²) in [6, 6.07) is 0.327. The van der Waals surface area contributed by atoms with Crippen LogP contribution >= 0.6 is 0 Å². The second-order valence-electron chi connectivity index (χ2n) is 2.35. The Morgan fingerprint density at radius 2 is 2.50 bits per heavy atom. The molecule has 0 aliphatic heterocycles.